The molecule has 2 heterocycles. The number of nitrogens with zero attached hydrogens (tertiary/aromatic N) is 1. The van der Waals surface area contributed by atoms with Gasteiger partial charge in [-0.2, -0.15) is 0 Å². The first-order chi connectivity index (χ1) is 9.92. The van der Waals surface area contributed by atoms with Crippen LogP contribution in [0.5, 0.6) is 0 Å². The number of halogens is 1. The van der Waals surface area contributed by atoms with E-state index >= 15 is 0 Å². The van der Waals surface area contributed by atoms with E-state index in [0.717, 1.165) is 15.4 Å². The summed E-state index contributed by atoms with van der Waals surface area (Å²) in [4.78, 5) is 28.7. The van der Waals surface area contributed by atoms with Gasteiger partial charge in [0.25, 0.3) is 5.91 Å². The topological polar surface area (TPSA) is 73.4 Å². The lowest BCUT2D eigenvalue weighted by Gasteiger charge is -2.20. The third-order valence-corrected chi connectivity index (χ3v) is 4.82. The average molecular weight is 351 g/mol. The van der Waals surface area contributed by atoms with E-state index in [4.69, 9.17) is 0 Å². The maximum atomic E-state index is 12.7. The molecule has 110 valence electrons. The Labute approximate surface area is 130 Å². The van der Waals surface area contributed by atoms with Crippen molar-refractivity contribution >= 4 is 38.7 Å². The summed E-state index contributed by atoms with van der Waals surface area (Å²) in [5.41, 5.74) is 0.610. The lowest BCUT2D eigenvalue weighted by atomic mass is 9.90. The molecule has 1 atom stereocenters. The number of likely N-dealkylation sites (tertiary alicyclic amines) is 1. The van der Waals surface area contributed by atoms with Crippen LogP contribution in [-0.2, 0) is 4.79 Å². The Hall–Kier alpha value is -1.82. The van der Waals surface area contributed by atoms with E-state index in [2.05, 4.69) is 20.9 Å². The minimum atomic E-state index is -0.849. The number of amides is 1. The Morgan fingerprint density at radius 1 is 1.43 bits per heavy atom. The monoisotopic (exact) mass is 350 g/mol. The van der Waals surface area contributed by atoms with Gasteiger partial charge in [0.1, 0.15) is 0 Å². The predicted octanol–water partition coefficient (Wildman–Crippen LogP) is 2.87. The number of aromatic amines is 1. The number of fused-ring (bicyclic) bond motifs is 1. The van der Waals surface area contributed by atoms with Crippen LogP contribution in [0.2, 0.25) is 0 Å². The Morgan fingerprint density at radius 2 is 2.19 bits per heavy atom. The molecule has 0 spiro atoms. The summed E-state index contributed by atoms with van der Waals surface area (Å²) in [6.07, 6.45) is 2.17. The molecule has 5 nitrogen and oxygen atoms in total. The van der Waals surface area contributed by atoms with Crippen LogP contribution in [0.4, 0.5) is 0 Å². The normalized spacial score (nSPS) is 21.9. The first-order valence-corrected chi connectivity index (χ1v) is 7.50. The van der Waals surface area contributed by atoms with E-state index in [0.29, 0.717) is 18.5 Å². The van der Waals surface area contributed by atoms with Gasteiger partial charge in [-0.05, 0) is 25.5 Å². The molecule has 1 fully saturated rings. The summed E-state index contributed by atoms with van der Waals surface area (Å²) >= 11 is 3.46. The number of hydrogen-bond donors (Lipinski definition) is 2. The van der Waals surface area contributed by atoms with Crippen molar-refractivity contribution < 1.29 is 14.7 Å². The van der Waals surface area contributed by atoms with Crippen molar-refractivity contribution in [1.82, 2.24) is 9.88 Å². The van der Waals surface area contributed by atoms with Crippen molar-refractivity contribution in [3.05, 3.63) is 34.4 Å². The van der Waals surface area contributed by atoms with Crippen LogP contribution >= 0.6 is 15.9 Å². The Balaban J connectivity index is 1.94. The summed E-state index contributed by atoms with van der Waals surface area (Å²) in [6, 6.07) is 5.69. The Bertz CT molecular complexity index is 740. The number of rotatable bonds is 2. The molecule has 1 aromatic carbocycles. The van der Waals surface area contributed by atoms with Gasteiger partial charge in [0.05, 0.1) is 11.0 Å². The maximum absolute atomic E-state index is 12.7. The van der Waals surface area contributed by atoms with Gasteiger partial charge in [-0.25, -0.2) is 0 Å². The number of benzene rings is 1. The molecular formula is C15H15BrN2O3. The van der Waals surface area contributed by atoms with Crippen molar-refractivity contribution in [3.63, 3.8) is 0 Å². The smallest absolute Gasteiger partial charge is 0.311 e. The highest BCUT2D eigenvalue weighted by Crippen LogP contribution is 2.33. The minimum Gasteiger partial charge on any atom is -0.481 e. The van der Waals surface area contributed by atoms with Gasteiger partial charge in [-0.1, -0.05) is 22.0 Å². The highest BCUT2D eigenvalue weighted by Gasteiger charge is 2.42. The summed E-state index contributed by atoms with van der Waals surface area (Å²) in [7, 11) is 0. The number of carbonyl (C=O) groups excluding carboxylic acids is 1. The van der Waals surface area contributed by atoms with Crippen LogP contribution in [0.15, 0.2) is 28.9 Å². The van der Waals surface area contributed by atoms with E-state index in [-0.39, 0.29) is 12.5 Å². The molecule has 21 heavy (non-hydrogen) atoms. The first kappa shape index (κ1) is 14.1. The van der Waals surface area contributed by atoms with Crippen LogP contribution in [0.3, 0.4) is 0 Å². The maximum Gasteiger partial charge on any atom is 0.311 e. The highest BCUT2D eigenvalue weighted by atomic mass is 79.9. The number of carboxylic acids is 1. The fraction of sp³-hybridized carbons (Fsp3) is 0.333. The molecule has 1 aliphatic rings. The SMILES string of the molecule is C[C@@]1(C(=O)O)CCN(C(=O)c2c[nH]c3cccc(Br)c23)C1. The number of hydrogen-bond acceptors (Lipinski definition) is 2. The molecule has 2 N–H and O–H groups in total. The molecule has 1 aliphatic heterocycles. The fourth-order valence-electron chi connectivity index (χ4n) is 2.79. The molecule has 1 saturated heterocycles. The van der Waals surface area contributed by atoms with Gasteiger partial charge in [0, 0.05) is 34.7 Å². The largest absolute Gasteiger partial charge is 0.481 e. The lowest BCUT2D eigenvalue weighted by molar-refractivity contribution is -0.147. The molecule has 3 rings (SSSR count). The van der Waals surface area contributed by atoms with E-state index < -0.39 is 11.4 Å². The van der Waals surface area contributed by atoms with Gasteiger partial charge >= 0.3 is 5.97 Å². The van der Waals surface area contributed by atoms with Gasteiger partial charge in [0.15, 0.2) is 0 Å². The van der Waals surface area contributed by atoms with Crippen LogP contribution in [-0.4, -0.2) is 40.0 Å². The third-order valence-electron chi connectivity index (χ3n) is 4.16. The summed E-state index contributed by atoms with van der Waals surface area (Å²) in [5, 5.41) is 10.1. The molecule has 0 unspecified atom stereocenters. The standard InChI is InChI=1S/C15H15BrN2O3/c1-15(14(20)21)5-6-18(8-15)13(19)9-7-17-11-4-2-3-10(16)12(9)11/h2-4,7,17H,5-6,8H2,1H3,(H,20,21)/t15-/m1/s1. The molecule has 1 aromatic heterocycles. The zero-order valence-electron chi connectivity index (χ0n) is 11.5. The number of H-pyrrole nitrogens is 1. The van der Waals surface area contributed by atoms with E-state index in [1.54, 1.807) is 18.0 Å². The second-order valence-corrected chi connectivity index (χ2v) is 6.56. The molecule has 2 aromatic rings. The zero-order valence-corrected chi connectivity index (χ0v) is 13.1. The van der Waals surface area contributed by atoms with E-state index in [9.17, 15) is 14.7 Å². The van der Waals surface area contributed by atoms with Crippen molar-refractivity contribution in [2.75, 3.05) is 13.1 Å². The highest BCUT2D eigenvalue weighted by molar-refractivity contribution is 9.10. The van der Waals surface area contributed by atoms with E-state index in [1.807, 2.05) is 18.2 Å². The molecule has 6 heteroatoms. The van der Waals surface area contributed by atoms with Gasteiger partial charge < -0.3 is 15.0 Å². The van der Waals surface area contributed by atoms with Crippen molar-refractivity contribution in [3.8, 4) is 0 Å². The average Bonchev–Trinajstić information content (AvgIpc) is 3.04. The van der Waals surface area contributed by atoms with Gasteiger partial charge in [-0.3, -0.25) is 9.59 Å². The lowest BCUT2D eigenvalue weighted by Crippen LogP contribution is -2.34. The number of nitrogens with one attached hydrogen (secondary N) is 1. The Morgan fingerprint density at radius 3 is 2.86 bits per heavy atom. The molecule has 0 aliphatic carbocycles. The molecule has 0 saturated carbocycles. The Kier molecular flexibility index (Phi) is 3.28. The van der Waals surface area contributed by atoms with E-state index in [1.165, 1.54) is 0 Å². The van der Waals surface area contributed by atoms with Crippen LogP contribution in [0, 0.1) is 5.41 Å². The summed E-state index contributed by atoms with van der Waals surface area (Å²) < 4.78 is 0.852. The van der Waals surface area contributed by atoms with Crippen LogP contribution < -0.4 is 0 Å². The first-order valence-electron chi connectivity index (χ1n) is 6.71. The molecular weight excluding hydrogens is 336 g/mol. The number of aliphatic carboxylic acids is 1. The summed E-state index contributed by atoms with van der Waals surface area (Å²) in [5.74, 6) is -0.976. The number of carboxylic acid groups (broad SMARTS) is 1. The fourth-order valence-corrected chi connectivity index (χ4v) is 3.37. The molecule has 0 bridgehead atoms. The predicted molar refractivity (Wildman–Crippen MR) is 82.3 cm³/mol. The number of carbonyl (C=O) groups is 2. The zero-order chi connectivity index (χ0) is 15.2. The third kappa shape index (κ3) is 2.23. The molecule has 1 amide bonds. The number of aromatic nitrogens is 1. The van der Waals surface area contributed by atoms with Crippen molar-refractivity contribution in [2.24, 2.45) is 5.41 Å². The second-order valence-electron chi connectivity index (χ2n) is 5.71. The van der Waals surface area contributed by atoms with Gasteiger partial charge in [0.2, 0.25) is 0 Å². The van der Waals surface area contributed by atoms with Crippen LogP contribution in [0.1, 0.15) is 23.7 Å². The van der Waals surface area contributed by atoms with Crippen LogP contribution in [0.25, 0.3) is 10.9 Å². The van der Waals surface area contributed by atoms with Crippen molar-refractivity contribution in [2.45, 2.75) is 13.3 Å². The second kappa shape index (κ2) is 4.87. The quantitative estimate of drug-likeness (QED) is 0.874. The van der Waals surface area contributed by atoms with Crippen molar-refractivity contribution in [1.29, 1.82) is 0 Å². The summed E-state index contributed by atoms with van der Waals surface area (Å²) in [6.45, 7) is 2.41. The minimum absolute atomic E-state index is 0.127. The van der Waals surface area contributed by atoms with Gasteiger partial charge in [-0.15, -0.1) is 0 Å². The molecule has 0 radical (unpaired) electrons.